The summed E-state index contributed by atoms with van der Waals surface area (Å²) in [7, 11) is 0. The molecule has 3 nitrogen and oxygen atoms in total. The van der Waals surface area contributed by atoms with E-state index in [9.17, 15) is 4.79 Å². The van der Waals surface area contributed by atoms with Gasteiger partial charge in [0.1, 0.15) is 0 Å². The minimum Gasteiger partial charge on any atom is -0.337 e. The summed E-state index contributed by atoms with van der Waals surface area (Å²) in [6.07, 6.45) is 4.98. The Bertz CT molecular complexity index is 459. The molecule has 0 aliphatic heterocycles. The first-order valence-corrected chi connectivity index (χ1v) is 7.80. The van der Waals surface area contributed by atoms with Crippen LogP contribution in [0.2, 0.25) is 0 Å². The van der Waals surface area contributed by atoms with Crippen molar-refractivity contribution in [3.05, 3.63) is 35.9 Å². The second-order valence-electron chi connectivity index (χ2n) is 6.32. The molecular weight excluding hydrogens is 248 g/mol. The third kappa shape index (κ3) is 2.73. The highest BCUT2D eigenvalue weighted by molar-refractivity contribution is 5.79. The molecule has 2 fully saturated rings. The summed E-state index contributed by atoms with van der Waals surface area (Å²) < 4.78 is 0. The van der Waals surface area contributed by atoms with Gasteiger partial charge in [0.15, 0.2) is 0 Å². The SMILES string of the molecule is NCCN(Cc1ccccc1)C(=O)C1CC2CCC1C2. The first-order valence-electron chi connectivity index (χ1n) is 7.80. The van der Waals surface area contributed by atoms with Gasteiger partial charge < -0.3 is 10.6 Å². The van der Waals surface area contributed by atoms with Crippen LogP contribution in [0.5, 0.6) is 0 Å². The maximum Gasteiger partial charge on any atom is 0.226 e. The average Bonchev–Trinajstić information content (AvgIpc) is 3.10. The first-order chi connectivity index (χ1) is 9.78. The number of nitrogens with zero attached hydrogens (tertiary/aromatic N) is 1. The van der Waals surface area contributed by atoms with E-state index in [0.717, 1.165) is 12.3 Å². The van der Waals surface area contributed by atoms with Crippen molar-refractivity contribution in [2.45, 2.75) is 32.2 Å². The Hall–Kier alpha value is -1.35. The number of amides is 1. The Morgan fingerprint density at radius 1 is 1.20 bits per heavy atom. The maximum absolute atomic E-state index is 12.8. The van der Waals surface area contributed by atoms with E-state index in [1.54, 1.807) is 0 Å². The Morgan fingerprint density at radius 3 is 2.60 bits per heavy atom. The van der Waals surface area contributed by atoms with Crippen LogP contribution in [-0.4, -0.2) is 23.9 Å². The van der Waals surface area contributed by atoms with Gasteiger partial charge in [-0.15, -0.1) is 0 Å². The lowest BCUT2D eigenvalue weighted by atomic mass is 9.87. The minimum absolute atomic E-state index is 0.268. The molecule has 0 heterocycles. The maximum atomic E-state index is 12.8. The number of nitrogens with two attached hydrogens (primary N) is 1. The molecule has 2 N–H and O–H groups in total. The number of hydrogen-bond acceptors (Lipinski definition) is 2. The van der Waals surface area contributed by atoms with Gasteiger partial charge in [0.25, 0.3) is 0 Å². The van der Waals surface area contributed by atoms with E-state index in [4.69, 9.17) is 5.73 Å². The van der Waals surface area contributed by atoms with Gasteiger partial charge in [0.2, 0.25) is 5.91 Å². The van der Waals surface area contributed by atoms with Crippen molar-refractivity contribution in [3.8, 4) is 0 Å². The van der Waals surface area contributed by atoms with Gasteiger partial charge in [-0.2, -0.15) is 0 Å². The molecule has 2 aliphatic carbocycles. The molecule has 1 aromatic rings. The smallest absolute Gasteiger partial charge is 0.226 e. The highest BCUT2D eigenvalue weighted by Gasteiger charge is 2.44. The summed E-state index contributed by atoms with van der Waals surface area (Å²) in [6, 6.07) is 10.2. The Kier molecular flexibility index (Phi) is 4.06. The van der Waals surface area contributed by atoms with Gasteiger partial charge in [0, 0.05) is 25.6 Å². The molecule has 3 heteroatoms. The third-order valence-corrected chi connectivity index (χ3v) is 4.98. The van der Waals surface area contributed by atoms with Crippen molar-refractivity contribution in [2.24, 2.45) is 23.5 Å². The van der Waals surface area contributed by atoms with Crippen molar-refractivity contribution >= 4 is 5.91 Å². The van der Waals surface area contributed by atoms with Crippen LogP contribution in [0.3, 0.4) is 0 Å². The highest BCUT2D eigenvalue weighted by atomic mass is 16.2. The summed E-state index contributed by atoms with van der Waals surface area (Å²) in [5.74, 6) is 2.06. The first kappa shape index (κ1) is 13.6. The van der Waals surface area contributed by atoms with E-state index in [-0.39, 0.29) is 5.92 Å². The van der Waals surface area contributed by atoms with Crippen LogP contribution in [0.15, 0.2) is 30.3 Å². The average molecular weight is 272 g/mol. The third-order valence-electron chi connectivity index (χ3n) is 4.98. The van der Waals surface area contributed by atoms with E-state index < -0.39 is 0 Å². The molecular formula is C17H24N2O. The van der Waals surface area contributed by atoms with Gasteiger partial charge in [-0.1, -0.05) is 36.8 Å². The number of fused-ring (bicyclic) bond motifs is 2. The second kappa shape index (κ2) is 5.96. The predicted molar refractivity (Wildman–Crippen MR) is 79.9 cm³/mol. The van der Waals surface area contributed by atoms with Gasteiger partial charge >= 0.3 is 0 Å². The van der Waals surface area contributed by atoms with Crippen molar-refractivity contribution in [1.29, 1.82) is 0 Å². The summed E-state index contributed by atoms with van der Waals surface area (Å²) in [5, 5.41) is 0. The summed E-state index contributed by atoms with van der Waals surface area (Å²) in [5.41, 5.74) is 6.89. The molecule has 108 valence electrons. The Labute approximate surface area is 121 Å². The fourth-order valence-electron chi connectivity index (χ4n) is 4.01. The molecule has 1 aromatic carbocycles. The zero-order valence-corrected chi connectivity index (χ0v) is 12.0. The van der Waals surface area contributed by atoms with Gasteiger partial charge in [-0.25, -0.2) is 0 Å². The van der Waals surface area contributed by atoms with Crippen LogP contribution in [0.4, 0.5) is 0 Å². The minimum atomic E-state index is 0.268. The van der Waals surface area contributed by atoms with Gasteiger partial charge in [-0.3, -0.25) is 4.79 Å². The van der Waals surface area contributed by atoms with Crippen molar-refractivity contribution in [1.82, 2.24) is 4.90 Å². The lowest BCUT2D eigenvalue weighted by Crippen LogP contribution is -2.40. The molecule has 0 spiro atoms. The summed E-state index contributed by atoms with van der Waals surface area (Å²) in [4.78, 5) is 14.8. The van der Waals surface area contributed by atoms with Crippen LogP contribution in [0, 0.1) is 17.8 Å². The largest absolute Gasteiger partial charge is 0.337 e. The lowest BCUT2D eigenvalue weighted by molar-refractivity contribution is -0.137. The summed E-state index contributed by atoms with van der Waals surface area (Å²) >= 11 is 0. The molecule has 3 unspecified atom stereocenters. The van der Waals surface area contributed by atoms with E-state index >= 15 is 0 Å². The fraction of sp³-hybridized carbons (Fsp3) is 0.588. The molecule has 2 saturated carbocycles. The molecule has 1 amide bonds. The van der Waals surface area contributed by atoms with Crippen LogP contribution in [0.25, 0.3) is 0 Å². The highest BCUT2D eigenvalue weighted by Crippen LogP contribution is 2.48. The van der Waals surface area contributed by atoms with Gasteiger partial charge in [0.05, 0.1) is 0 Å². The summed E-state index contributed by atoms with van der Waals surface area (Å²) in [6.45, 7) is 1.91. The number of carbonyl (C=O) groups is 1. The standard InChI is InChI=1S/C17H24N2O/c18-8-9-19(12-13-4-2-1-3-5-13)17(20)16-11-14-6-7-15(16)10-14/h1-5,14-16H,6-12,18H2. The van der Waals surface area contributed by atoms with Crippen LogP contribution in [0.1, 0.15) is 31.2 Å². The Morgan fingerprint density at radius 2 is 2.00 bits per heavy atom. The van der Waals surface area contributed by atoms with Crippen LogP contribution >= 0.6 is 0 Å². The monoisotopic (exact) mass is 272 g/mol. The molecule has 0 saturated heterocycles. The zero-order chi connectivity index (χ0) is 13.9. The number of benzene rings is 1. The zero-order valence-electron chi connectivity index (χ0n) is 12.0. The fourth-order valence-corrected chi connectivity index (χ4v) is 4.01. The van der Waals surface area contributed by atoms with E-state index in [1.165, 1.54) is 24.8 Å². The van der Waals surface area contributed by atoms with E-state index in [2.05, 4.69) is 12.1 Å². The van der Waals surface area contributed by atoms with Crippen molar-refractivity contribution in [2.75, 3.05) is 13.1 Å². The molecule has 20 heavy (non-hydrogen) atoms. The number of carbonyl (C=O) groups excluding carboxylic acids is 1. The predicted octanol–water partition coefficient (Wildman–Crippen LogP) is 2.41. The molecule has 0 radical (unpaired) electrons. The van der Waals surface area contributed by atoms with E-state index in [1.807, 2.05) is 23.1 Å². The quantitative estimate of drug-likeness (QED) is 0.894. The molecule has 0 aromatic heterocycles. The van der Waals surface area contributed by atoms with Gasteiger partial charge in [-0.05, 0) is 36.7 Å². The number of rotatable bonds is 5. The van der Waals surface area contributed by atoms with Crippen molar-refractivity contribution < 1.29 is 4.79 Å². The van der Waals surface area contributed by atoms with Crippen LogP contribution < -0.4 is 5.73 Å². The molecule has 2 aliphatic rings. The van der Waals surface area contributed by atoms with Crippen LogP contribution in [-0.2, 0) is 11.3 Å². The second-order valence-corrected chi connectivity index (χ2v) is 6.32. The molecule has 3 atom stereocenters. The lowest BCUT2D eigenvalue weighted by Gasteiger charge is -2.29. The molecule has 3 rings (SSSR count). The topological polar surface area (TPSA) is 46.3 Å². The van der Waals surface area contributed by atoms with E-state index in [0.29, 0.717) is 31.5 Å². The molecule has 2 bridgehead atoms. The number of hydrogen-bond donors (Lipinski definition) is 1. The van der Waals surface area contributed by atoms with Crippen molar-refractivity contribution in [3.63, 3.8) is 0 Å². The normalized spacial score (nSPS) is 27.8. The Balaban J connectivity index is 1.68.